The molecule has 0 aliphatic rings. The zero-order valence-corrected chi connectivity index (χ0v) is 12.8. The van der Waals surface area contributed by atoms with Gasteiger partial charge in [0.15, 0.2) is 5.69 Å². The minimum Gasteiger partial charge on any atom is -0.496 e. The maximum absolute atomic E-state index is 11.3. The molecule has 0 radical (unpaired) electrons. The van der Waals surface area contributed by atoms with E-state index in [1.807, 2.05) is 19.1 Å². The van der Waals surface area contributed by atoms with Crippen molar-refractivity contribution in [3.63, 3.8) is 0 Å². The van der Waals surface area contributed by atoms with Gasteiger partial charge < -0.3 is 9.84 Å². The minimum atomic E-state index is -1.02. The molecular formula is C13H12BrNO3S. The second kappa shape index (κ2) is 5.71. The normalized spacial score (nSPS) is 10.5. The fourth-order valence-electron chi connectivity index (χ4n) is 1.70. The first-order valence-electron chi connectivity index (χ1n) is 5.63. The maximum atomic E-state index is 11.3. The molecule has 4 nitrogen and oxygen atoms in total. The number of methoxy groups -OCH3 is 1. The van der Waals surface area contributed by atoms with E-state index in [0.717, 1.165) is 15.0 Å². The third-order valence-electron chi connectivity index (χ3n) is 2.58. The van der Waals surface area contributed by atoms with E-state index in [4.69, 9.17) is 4.74 Å². The van der Waals surface area contributed by atoms with Crippen molar-refractivity contribution in [2.75, 3.05) is 7.11 Å². The van der Waals surface area contributed by atoms with Gasteiger partial charge in [0, 0.05) is 10.0 Å². The number of nitrogens with zero attached hydrogens (tertiary/aromatic N) is 1. The highest BCUT2D eigenvalue weighted by Gasteiger charge is 2.21. The standard InChI is InChI=1S/C13H12BrNO3S/c1-3-10-15-11(13(16)17)12(19-10)8-6-7(14)4-5-9(8)18-2/h4-6H,3H2,1-2H3,(H,16,17). The Balaban J connectivity index is 2.66. The summed E-state index contributed by atoms with van der Waals surface area (Å²) in [5.74, 6) is -0.384. The van der Waals surface area contributed by atoms with Crippen LogP contribution in [0.5, 0.6) is 5.75 Å². The highest BCUT2D eigenvalue weighted by Crippen LogP contribution is 2.38. The van der Waals surface area contributed by atoms with E-state index >= 15 is 0 Å². The lowest BCUT2D eigenvalue weighted by molar-refractivity contribution is 0.0692. The fourth-order valence-corrected chi connectivity index (χ4v) is 3.08. The number of hydrogen-bond acceptors (Lipinski definition) is 4. The van der Waals surface area contributed by atoms with E-state index in [1.54, 1.807) is 13.2 Å². The molecule has 1 aromatic carbocycles. The molecule has 0 atom stereocenters. The number of aromatic nitrogens is 1. The molecule has 1 aromatic heterocycles. The molecule has 0 saturated heterocycles. The Labute approximate surface area is 123 Å². The Kier molecular flexibility index (Phi) is 4.21. The molecule has 19 heavy (non-hydrogen) atoms. The van der Waals surface area contributed by atoms with Crippen molar-refractivity contribution in [3.05, 3.63) is 33.4 Å². The lowest BCUT2D eigenvalue weighted by Gasteiger charge is -2.07. The van der Waals surface area contributed by atoms with Gasteiger partial charge in [-0.2, -0.15) is 0 Å². The van der Waals surface area contributed by atoms with Gasteiger partial charge >= 0.3 is 5.97 Å². The predicted octanol–water partition coefficient (Wildman–Crippen LogP) is 3.84. The molecular weight excluding hydrogens is 330 g/mol. The Morgan fingerprint density at radius 1 is 1.53 bits per heavy atom. The number of hydrogen-bond donors (Lipinski definition) is 1. The van der Waals surface area contributed by atoms with Crippen LogP contribution in [0, 0.1) is 0 Å². The second-order valence-corrected chi connectivity index (χ2v) is 5.79. The first-order valence-corrected chi connectivity index (χ1v) is 7.24. The van der Waals surface area contributed by atoms with Gasteiger partial charge in [-0.3, -0.25) is 0 Å². The smallest absolute Gasteiger partial charge is 0.356 e. The Morgan fingerprint density at radius 2 is 2.26 bits per heavy atom. The molecule has 1 N–H and O–H groups in total. The predicted molar refractivity (Wildman–Crippen MR) is 78.1 cm³/mol. The van der Waals surface area contributed by atoms with Gasteiger partial charge in [0.05, 0.1) is 17.0 Å². The average molecular weight is 342 g/mol. The van der Waals surface area contributed by atoms with Crippen molar-refractivity contribution >= 4 is 33.2 Å². The van der Waals surface area contributed by atoms with E-state index in [-0.39, 0.29) is 5.69 Å². The van der Waals surface area contributed by atoms with Crippen LogP contribution in [0.25, 0.3) is 10.4 Å². The quantitative estimate of drug-likeness (QED) is 0.917. The fraction of sp³-hybridized carbons (Fsp3) is 0.231. The first-order chi connectivity index (χ1) is 9.06. The molecule has 0 bridgehead atoms. The summed E-state index contributed by atoms with van der Waals surface area (Å²) >= 11 is 4.78. The van der Waals surface area contributed by atoms with Crippen LogP contribution >= 0.6 is 27.3 Å². The summed E-state index contributed by atoms with van der Waals surface area (Å²) in [7, 11) is 1.56. The van der Waals surface area contributed by atoms with Crippen LogP contribution in [0.1, 0.15) is 22.4 Å². The summed E-state index contributed by atoms with van der Waals surface area (Å²) in [5, 5.41) is 10.1. The van der Waals surface area contributed by atoms with Crippen LogP contribution in [-0.2, 0) is 6.42 Å². The molecule has 0 saturated carbocycles. The third kappa shape index (κ3) is 2.79. The largest absolute Gasteiger partial charge is 0.496 e. The highest BCUT2D eigenvalue weighted by atomic mass is 79.9. The van der Waals surface area contributed by atoms with E-state index in [2.05, 4.69) is 20.9 Å². The van der Waals surface area contributed by atoms with Crippen LogP contribution in [0.2, 0.25) is 0 Å². The summed E-state index contributed by atoms with van der Waals surface area (Å²) in [6, 6.07) is 5.50. The van der Waals surface area contributed by atoms with Crippen molar-refractivity contribution in [1.82, 2.24) is 4.98 Å². The van der Waals surface area contributed by atoms with E-state index in [9.17, 15) is 9.90 Å². The number of aromatic carboxylic acids is 1. The van der Waals surface area contributed by atoms with Crippen molar-refractivity contribution < 1.29 is 14.6 Å². The number of carbonyl (C=O) groups is 1. The zero-order chi connectivity index (χ0) is 14.0. The number of ether oxygens (including phenoxy) is 1. The van der Waals surface area contributed by atoms with Gasteiger partial charge in [0.2, 0.25) is 0 Å². The van der Waals surface area contributed by atoms with Crippen molar-refractivity contribution in [2.45, 2.75) is 13.3 Å². The van der Waals surface area contributed by atoms with Crippen LogP contribution in [0.15, 0.2) is 22.7 Å². The lowest BCUT2D eigenvalue weighted by Crippen LogP contribution is -2.00. The molecule has 0 aliphatic carbocycles. The number of aryl methyl sites for hydroxylation is 1. The summed E-state index contributed by atoms with van der Waals surface area (Å²) in [4.78, 5) is 16.1. The van der Waals surface area contributed by atoms with E-state index in [0.29, 0.717) is 17.0 Å². The van der Waals surface area contributed by atoms with Crippen LogP contribution in [0.4, 0.5) is 0 Å². The number of rotatable bonds is 4. The SMILES string of the molecule is CCc1nc(C(=O)O)c(-c2cc(Br)ccc2OC)s1. The number of carboxylic acid groups (broad SMARTS) is 1. The second-order valence-electron chi connectivity index (χ2n) is 3.79. The molecule has 0 amide bonds. The maximum Gasteiger partial charge on any atom is 0.356 e. The Bertz CT molecular complexity index is 624. The van der Waals surface area contributed by atoms with E-state index in [1.165, 1.54) is 11.3 Å². The Hall–Kier alpha value is -1.40. The Morgan fingerprint density at radius 3 is 2.84 bits per heavy atom. The summed E-state index contributed by atoms with van der Waals surface area (Å²) in [5.41, 5.74) is 0.824. The molecule has 100 valence electrons. The van der Waals surface area contributed by atoms with Gasteiger partial charge in [0.1, 0.15) is 5.75 Å². The molecule has 0 spiro atoms. The van der Waals surface area contributed by atoms with Gasteiger partial charge in [-0.05, 0) is 24.6 Å². The van der Waals surface area contributed by atoms with Gasteiger partial charge in [-0.25, -0.2) is 9.78 Å². The third-order valence-corrected chi connectivity index (χ3v) is 4.31. The number of halogens is 1. The topological polar surface area (TPSA) is 59.4 Å². The average Bonchev–Trinajstić information content (AvgIpc) is 2.83. The number of benzene rings is 1. The monoisotopic (exact) mass is 341 g/mol. The number of carboxylic acids is 1. The van der Waals surface area contributed by atoms with Gasteiger partial charge in [0.25, 0.3) is 0 Å². The molecule has 2 aromatic rings. The van der Waals surface area contributed by atoms with E-state index < -0.39 is 5.97 Å². The first kappa shape index (κ1) is 14.0. The summed E-state index contributed by atoms with van der Waals surface area (Å²) < 4.78 is 6.16. The molecule has 1 heterocycles. The van der Waals surface area contributed by atoms with Crippen molar-refractivity contribution in [1.29, 1.82) is 0 Å². The molecule has 2 rings (SSSR count). The zero-order valence-electron chi connectivity index (χ0n) is 10.4. The molecule has 0 unspecified atom stereocenters. The molecule has 6 heteroatoms. The lowest BCUT2D eigenvalue weighted by atomic mass is 10.1. The molecule has 0 fully saturated rings. The summed E-state index contributed by atoms with van der Waals surface area (Å²) in [6.45, 7) is 1.95. The van der Waals surface area contributed by atoms with Crippen LogP contribution in [0.3, 0.4) is 0 Å². The van der Waals surface area contributed by atoms with Gasteiger partial charge in [-0.15, -0.1) is 11.3 Å². The van der Waals surface area contributed by atoms with Crippen LogP contribution in [-0.4, -0.2) is 23.2 Å². The van der Waals surface area contributed by atoms with Crippen molar-refractivity contribution in [3.8, 4) is 16.2 Å². The highest BCUT2D eigenvalue weighted by molar-refractivity contribution is 9.10. The molecule has 0 aliphatic heterocycles. The minimum absolute atomic E-state index is 0.0817. The number of thiazole rings is 1. The van der Waals surface area contributed by atoms with Crippen LogP contribution < -0.4 is 4.74 Å². The van der Waals surface area contributed by atoms with Crippen molar-refractivity contribution in [2.24, 2.45) is 0 Å². The van der Waals surface area contributed by atoms with Gasteiger partial charge in [-0.1, -0.05) is 22.9 Å². The summed E-state index contributed by atoms with van der Waals surface area (Å²) in [6.07, 6.45) is 0.710.